The number of nitrogens with zero attached hydrogens (tertiary/aromatic N) is 2. The quantitative estimate of drug-likeness (QED) is 0.772. The van der Waals surface area contributed by atoms with E-state index in [0.29, 0.717) is 0 Å². The summed E-state index contributed by atoms with van der Waals surface area (Å²) in [4.78, 5) is 12.3. The van der Waals surface area contributed by atoms with E-state index in [0.717, 1.165) is 17.9 Å². The van der Waals surface area contributed by atoms with Gasteiger partial charge in [-0.1, -0.05) is 30.4 Å². The van der Waals surface area contributed by atoms with Gasteiger partial charge in [0.25, 0.3) is 5.91 Å². The van der Waals surface area contributed by atoms with Crippen molar-refractivity contribution in [2.24, 2.45) is 5.92 Å². The van der Waals surface area contributed by atoms with Crippen LogP contribution in [0.5, 0.6) is 0 Å². The van der Waals surface area contributed by atoms with Gasteiger partial charge in [0, 0.05) is 6.54 Å². The van der Waals surface area contributed by atoms with Gasteiger partial charge in [-0.25, -0.2) is 5.01 Å². The summed E-state index contributed by atoms with van der Waals surface area (Å²) in [5.74, 6) is 0.0493. The molecule has 1 aliphatic heterocycles. The first-order valence-corrected chi connectivity index (χ1v) is 5.87. The average molecular weight is 226 g/mol. The third-order valence-corrected chi connectivity index (χ3v) is 3.20. The van der Waals surface area contributed by atoms with Crippen LogP contribution in [0.4, 0.5) is 5.69 Å². The predicted octanol–water partition coefficient (Wildman–Crippen LogP) is 2.34. The van der Waals surface area contributed by atoms with E-state index in [9.17, 15) is 4.79 Å². The molecule has 1 aliphatic carbocycles. The van der Waals surface area contributed by atoms with Crippen molar-refractivity contribution in [3.05, 3.63) is 54.3 Å². The number of carbonyl (C=O) groups excluding carboxylic acids is 1. The van der Waals surface area contributed by atoms with Crippen molar-refractivity contribution in [1.82, 2.24) is 5.01 Å². The van der Waals surface area contributed by atoms with Gasteiger partial charge in [0.1, 0.15) is 5.92 Å². The van der Waals surface area contributed by atoms with E-state index in [1.54, 1.807) is 5.01 Å². The van der Waals surface area contributed by atoms with Crippen LogP contribution in [0, 0.1) is 5.92 Å². The molecule has 1 aromatic rings. The maximum atomic E-state index is 12.3. The number of rotatable bonds is 2. The molecule has 1 heterocycles. The maximum absolute atomic E-state index is 12.3. The van der Waals surface area contributed by atoms with Crippen LogP contribution in [0.2, 0.25) is 0 Å². The Bertz CT molecular complexity index is 504. The molecule has 1 aromatic carbocycles. The molecule has 0 bridgehead atoms. The summed E-state index contributed by atoms with van der Waals surface area (Å²) in [5.41, 5.74) is 2.02. The van der Waals surface area contributed by atoms with E-state index >= 15 is 0 Å². The van der Waals surface area contributed by atoms with E-state index in [1.165, 1.54) is 0 Å². The van der Waals surface area contributed by atoms with Crippen LogP contribution < -0.4 is 5.01 Å². The first-order valence-electron chi connectivity index (χ1n) is 5.87. The molecule has 1 saturated heterocycles. The minimum atomic E-state index is -0.0878. The topological polar surface area (TPSA) is 23.6 Å². The standard InChI is InChI=1S/C14H14N2O/c1-2-15-13-10-6-9-12(13)14(17)16(15)11-7-4-3-5-8-11/h3-10,12H,2H2,1H3. The van der Waals surface area contributed by atoms with Gasteiger partial charge in [-0.3, -0.25) is 9.80 Å². The Kier molecular flexibility index (Phi) is 2.25. The second-order valence-corrected chi connectivity index (χ2v) is 4.16. The highest BCUT2D eigenvalue weighted by Crippen LogP contribution is 2.36. The molecule has 2 aliphatic rings. The van der Waals surface area contributed by atoms with Crippen LogP contribution in [0.1, 0.15) is 6.92 Å². The van der Waals surface area contributed by atoms with Gasteiger partial charge >= 0.3 is 0 Å². The molecule has 86 valence electrons. The van der Waals surface area contributed by atoms with Gasteiger partial charge in [-0.05, 0) is 25.1 Å². The van der Waals surface area contributed by atoms with Crippen molar-refractivity contribution in [2.75, 3.05) is 11.6 Å². The van der Waals surface area contributed by atoms with Crippen molar-refractivity contribution in [3.8, 4) is 0 Å². The van der Waals surface area contributed by atoms with E-state index < -0.39 is 0 Å². The van der Waals surface area contributed by atoms with Crippen LogP contribution in [0.3, 0.4) is 0 Å². The first-order chi connectivity index (χ1) is 8.33. The number of benzene rings is 1. The molecule has 1 fully saturated rings. The third kappa shape index (κ3) is 1.39. The molecular weight excluding hydrogens is 212 g/mol. The molecule has 0 spiro atoms. The van der Waals surface area contributed by atoms with Crippen molar-refractivity contribution in [2.45, 2.75) is 6.92 Å². The lowest BCUT2D eigenvalue weighted by Crippen LogP contribution is -2.38. The Morgan fingerprint density at radius 2 is 2.00 bits per heavy atom. The molecule has 1 atom stereocenters. The lowest BCUT2D eigenvalue weighted by Gasteiger charge is -2.29. The Morgan fingerprint density at radius 3 is 2.71 bits per heavy atom. The average Bonchev–Trinajstić information content (AvgIpc) is 2.93. The number of allylic oxidation sites excluding steroid dienone is 2. The summed E-state index contributed by atoms with van der Waals surface area (Å²) in [6.07, 6.45) is 5.95. The number of fused-ring (bicyclic) bond motifs is 1. The Labute approximate surface area is 101 Å². The second kappa shape index (κ2) is 3.77. The lowest BCUT2D eigenvalue weighted by atomic mass is 10.1. The highest BCUT2D eigenvalue weighted by atomic mass is 16.2. The van der Waals surface area contributed by atoms with Gasteiger partial charge in [0.05, 0.1) is 11.4 Å². The Morgan fingerprint density at radius 1 is 1.24 bits per heavy atom. The maximum Gasteiger partial charge on any atom is 0.258 e. The van der Waals surface area contributed by atoms with Crippen LogP contribution in [0.25, 0.3) is 0 Å². The fraction of sp³-hybridized carbons (Fsp3) is 0.214. The number of hydrogen-bond acceptors (Lipinski definition) is 2. The van der Waals surface area contributed by atoms with Crippen LogP contribution in [-0.2, 0) is 4.79 Å². The number of hydrogen-bond donors (Lipinski definition) is 0. The summed E-state index contributed by atoms with van der Waals surface area (Å²) in [6, 6.07) is 9.79. The normalized spacial score (nSPS) is 22.1. The zero-order chi connectivity index (χ0) is 11.8. The lowest BCUT2D eigenvalue weighted by molar-refractivity contribution is -0.119. The zero-order valence-corrected chi connectivity index (χ0v) is 9.71. The number of para-hydroxylation sites is 1. The van der Waals surface area contributed by atoms with Crippen molar-refractivity contribution in [3.63, 3.8) is 0 Å². The second-order valence-electron chi connectivity index (χ2n) is 4.16. The zero-order valence-electron chi connectivity index (χ0n) is 9.71. The van der Waals surface area contributed by atoms with Gasteiger partial charge < -0.3 is 0 Å². The van der Waals surface area contributed by atoms with Gasteiger partial charge in [0.2, 0.25) is 0 Å². The molecule has 3 nitrogen and oxygen atoms in total. The smallest absolute Gasteiger partial charge is 0.258 e. The van der Waals surface area contributed by atoms with Crippen LogP contribution in [-0.4, -0.2) is 17.5 Å². The van der Waals surface area contributed by atoms with Gasteiger partial charge in [0.15, 0.2) is 0 Å². The summed E-state index contributed by atoms with van der Waals surface area (Å²) >= 11 is 0. The fourth-order valence-corrected chi connectivity index (χ4v) is 2.45. The van der Waals surface area contributed by atoms with E-state index in [2.05, 4.69) is 6.92 Å². The SMILES string of the molecule is CCN1C2=CC=CC2C(=O)N1c1ccccc1. The Hall–Kier alpha value is -2.03. The van der Waals surface area contributed by atoms with Crippen molar-refractivity contribution < 1.29 is 4.79 Å². The minimum absolute atomic E-state index is 0.0878. The molecule has 3 rings (SSSR count). The number of carbonyl (C=O) groups is 1. The fourth-order valence-electron chi connectivity index (χ4n) is 2.45. The number of amides is 1. The molecular formula is C14H14N2O. The number of hydrazine groups is 1. The molecule has 17 heavy (non-hydrogen) atoms. The predicted molar refractivity (Wildman–Crippen MR) is 67.0 cm³/mol. The Balaban J connectivity index is 2.03. The summed E-state index contributed by atoms with van der Waals surface area (Å²) < 4.78 is 0. The molecule has 1 unspecified atom stereocenters. The molecule has 1 amide bonds. The van der Waals surface area contributed by atoms with E-state index in [1.807, 2.05) is 53.6 Å². The van der Waals surface area contributed by atoms with Gasteiger partial charge in [-0.2, -0.15) is 0 Å². The van der Waals surface area contributed by atoms with Gasteiger partial charge in [-0.15, -0.1) is 0 Å². The number of anilines is 1. The first kappa shape index (κ1) is 10.1. The monoisotopic (exact) mass is 226 g/mol. The van der Waals surface area contributed by atoms with E-state index in [-0.39, 0.29) is 11.8 Å². The largest absolute Gasteiger partial charge is 0.282 e. The van der Waals surface area contributed by atoms with Crippen molar-refractivity contribution in [1.29, 1.82) is 0 Å². The van der Waals surface area contributed by atoms with Crippen LogP contribution in [0.15, 0.2) is 54.3 Å². The summed E-state index contributed by atoms with van der Waals surface area (Å²) in [7, 11) is 0. The van der Waals surface area contributed by atoms with Crippen LogP contribution >= 0.6 is 0 Å². The molecule has 0 radical (unpaired) electrons. The van der Waals surface area contributed by atoms with E-state index in [4.69, 9.17) is 0 Å². The highest BCUT2D eigenvalue weighted by molar-refractivity contribution is 6.00. The summed E-state index contributed by atoms with van der Waals surface area (Å²) in [5, 5.41) is 3.82. The summed E-state index contributed by atoms with van der Waals surface area (Å²) in [6.45, 7) is 2.86. The highest BCUT2D eigenvalue weighted by Gasteiger charge is 2.41. The molecule has 0 saturated carbocycles. The molecule has 0 aromatic heterocycles. The minimum Gasteiger partial charge on any atom is -0.282 e. The molecule has 3 heteroatoms. The molecule has 0 N–H and O–H groups in total. The van der Waals surface area contributed by atoms with Crippen molar-refractivity contribution >= 4 is 11.6 Å². The third-order valence-electron chi connectivity index (χ3n) is 3.20.